The second-order valence-corrected chi connectivity index (χ2v) is 6.94. The van der Waals surface area contributed by atoms with E-state index >= 15 is 0 Å². The molecule has 1 aliphatic rings. The maximum Gasteiger partial charge on any atom is 0.410 e. The van der Waals surface area contributed by atoms with E-state index in [1.807, 2.05) is 25.7 Å². The summed E-state index contributed by atoms with van der Waals surface area (Å²) in [5.41, 5.74) is 5.16. The number of likely N-dealkylation sites (tertiary alicyclic amines) is 1. The minimum atomic E-state index is -0.491. The highest BCUT2D eigenvalue weighted by Gasteiger charge is 2.28. The summed E-state index contributed by atoms with van der Waals surface area (Å²) in [6, 6.07) is -0.465. The normalized spacial score (nSPS) is 20.9. The minimum Gasteiger partial charge on any atom is -0.444 e. The molecule has 1 heterocycles. The molecule has 0 aliphatic carbocycles. The fourth-order valence-corrected chi connectivity index (χ4v) is 2.50. The Bertz CT molecular complexity index is 377. The van der Waals surface area contributed by atoms with Gasteiger partial charge in [0.25, 0.3) is 0 Å². The van der Waals surface area contributed by atoms with E-state index in [1.165, 1.54) is 0 Å². The van der Waals surface area contributed by atoms with Gasteiger partial charge in [-0.15, -0.1) is 0 Å². The number of piperidine rings is 1. The molecule has 122 valence electrons. The van der Waals surface area contributed by atoms with E-state index in [0.29, 0.717) is 13.1 Å². The van der Waals surface area contributed by atoms with Gasteiger partial charge in [-0.25, -0.2) is 4.79 Å². The zero-order valence-electron chi connectivity index (χ0n) is 13.9. The smallest absolute Gasteiger partial charge is 0.410 e. The number of hydrogen-bond donors (Lipinski definition) is 1. The van der Waals surface area contributed by atoms with Crippen molar-refractivity contribution in [3.8, 4) is 0 Å². The molecule has 1 rings (SSSR count). The number of nitrogens with zero attached hydrogens (tertiary/aromatic N) is 2. The summed E-state index contributed by atoms with van der Waals surface area (Å²) in [5.74, 6) is 0.263. The number of rotatable bonds is 3. The highest BCUT2D eigenvalue weighted by Crippen LogP contribution is 2.19. The zero-order valence-corrected chi connectivity index (χ0v) is 13.9. The first-order valence-corrected chi connectivity index (χ1v) is 7.58. The molecule has 0 radical (unpaired) electrons. The van der Waals surface area contributed by atoms with Crippen molar-refractivity contribution in [3.63, 3.8) is 0 Å². The van der Waals surface area contributed by atoms with Gasteiger partial charge in [-0.2, -0.15) is 0 Å². The van der Waals surface area contributed by atoms with Gasteiger partial charge in [-0.3, -0.25) is 4.79 Å². The lowest BCUT2D eigenvalue weighted by Gasteiger charge is -2.35. The Labute approximate surface area is 127 Å². The van der Waals surface area contributed by atoms with E-state index in [0.717, 1.165) is 19.4 Å². The van der Waals surface area contributed by atoms with Gasteiger partial charge in [-0.05, 0) is 46.5 Å². The first-order valence-electron chi connectivity index (χ1n) is 7.58. The second-order valence-electron chi connectivity index (χ2n) is 6.94. The molecule has 2 N–H and O–H groups in total. The van der Waals surface area contributed by atoms with Crippen LogP contribution in [0.25, 0.3) is 0 Å². The summed E-state index contributed by atoms with van der Waals surface area (Å²) in [4.78, 5) is 27.3. The van der Waals surface area contributed by atoms with Crippen molar-refractivity contribution in [3.05, 3.63) is 0 Å². The molecule has 2 amide bonds. The van der Waals surface area contributed by atoms with Crippen molar-refractivity contribution in [2.24, 2.45) is 11.7 Å². The molecule has 21 heavy (non-hydrogen) atoms. The quantitative estimate of drug-likeness (QED) is 0.855. The van der Waals surface area contributed by atoms with Crippen LogP contribution < -0.4 is 5.73 Å². The molecule has 6 nitrogen and oxygen atoms in total. The molecule has 6 heteroatoms. The van der Waals surface area contributed by atoms with Gasteiger partial charge >= 0.3 is 6.09 Å². The highest BCUT2D eigenvalue weighted by atomic mass is 16.6. The van der Waals surface area contributed by atoms with Crippen LogP contribution in [0, 0.1) is 5.92 Å². The standard InChI is InChI=1S/C15H29N3O3/c1-11(16)13(19)18-8-6-7-12(10-18)9-17(5)14(20)21-15(2,3)4/h11-12H,6-10,16H2,1-5H3/t11-,12+/m0/s1. The van der Waals surface area contributed by atoms with E-state index in [2.05, 4.69) is 0 Å². The monoisotopic (exact) mass is 299 g/mol. The number of hydrogen-bond acceptors (Lipinski definition) is 4. The number of carbonyl (C=O) groups is 2. The molecule has 0 saturated carbocycles. The molecule has 0 unspecified atom stereocenters. The lowest BCUT2D eigenvalue weighted by atomic mass is 9.97. The number of amides is 2. The molecule has 1 aliphatic heterocycles. The van der Waals surface area contributed by atoms with E-state index in [4.69, 9.17) is 10.5 Å². The Hall–Kier alpha value is -1.30. The van der Waals surface area contributed by atoms with Gasteiger partial charge in [-0.1, -0.05) is 0 Å². The SMILES string of the molecule is C[C@H](N)C(=O)N1CCC[C@H](CN(C)C(=O)OC(C)(C)C)C1. The Morgan fingerprint density at radius 2 is 2.05 bits per heavy atom. The topological polar surface area (TPSA) is 75.9 Å². The van der Waals surface area contributed by atoms with Crippen molar-refractivity contribution < 1.29 is 14.3 Å². The van der Waals surface area contributed by atoms with Crippen molar-refractivity contribution in [1.29, 1.82) is 0 Å². The Balaban J connectivity index is 2.50. The third-order valence-corrected chi connectivity index (χ3v) is 3.46. The van der Waals surface area contributed by atoms with E-state index in [1.54, 1.807) is 18.9 Å². The van der Waals surface area contributed by atoms with Crippen LogP contribution in [0.15, 0.2) is 0 Å². The third-order valence-electron chi connectivity index (χ3n) is 3.46. The number of nitrogens with two attached hydrogens (primary N) is 1. The van der Waals surface area contributed by atoms with Crippen molar-refractivity contribution in [2.75, 3.05) is 26.7 Å². The first kappa shape index (κ1) is 17.8. The first-order chi connectivity index (χ1) is 9.60. The summed E-state index contributed by atoms with van der Waals surface area (Å²) in [6.07, 6.45) is 1.64. The van der Waals surface area contributed by atoms with Crippen molar-refractivity contribution in [1.82, 2.24) is 9.80 Å². The molecule has 0 spiro atoms. The Morgan fingerprint density at radius 1 is 1.43 bits per heavy atom. The largest absolute Gasteiger partial charge is 0.444 e. The molecular weight excluding hydrogens is 270 g/mol. The van der Waals surface area contributed by atoms with Crippen molar-refractivity contribution >= 4 is 12.0 Å². The Kier molecular flexibility index (Phi) is 6.01. The maximum atomic E-state index is 12.0. The van der Waals surface area contributed by atoms with Crippen LogP contribution in [0.2, 0.25) is 0 Å². The van der Waals surface area contributed by atoms with E-state index in [9.17, 15) is 9.59 Å². The summed E-state index contributed by atoms with van der Waals surface area (Å²) in [6.45, 7) is 9.27. The maximum absolute atomic E-state index is 12.0. The van der Waals surface area contributed by atoms with Crippen LogP contribution in [0.3, 0.4) is 0 Å². The minimum absolute atomic E-state index is 0.0142. The van der Waals surface area contributed by atoms with Crippen LogP contribution in [-0.4, -0.2) is 60.1 Å². The van der Waals surface area contributed by atoms with Crippen LogP contribution >= 0.6 is 0 Å². The fraction of sp³-hybridized carbons (Fsp3) is 0.867. The summed E-state index contributed by atoms with van der Waals surface area (Å²) < 4.78 is 5.34. The highest BCUT2D eigenvalue weighted by molar-refractivity contribution is 5.81. The predicted octanol–water partition coefficient (Wildman–Crippen LogP) is 1.44. The summed E-state index contributed by atoms with van der Waals surface area (Å²) in [5, 5.41) is 0. The average Bonchev–Trinajstić information content (AvgIpc) is 2.36. The molecular formula is C15H29N3O3. The molecule has 0 aromatic carbocycles. The summed E-state index contributed by atoms with van der Waals surface area (Å²) >= 11 is 0. The zero-order chi connectivity index (χ0) is 16.2. The summed E-state index contributed by atoms with van der Waals surface area (Å²) in [7, 11) is 1.74. The van der Waals surface area contributed by atoms with Crippen LogP contribution in [0.1, 0.15) is 40.5 Å². The lowest BCUT2D eigenvalue weighted by molar-refractivity contribution is -0.134. The van der Waals surface area contributed by atoms with E-state index < -0.39 is 11.6 Å². The molecule has 1 fully saturated rings. The lowest BCUT2D eigenvalue weighted by Crippen LogP contribution is -2.49. The average molecular weight is 299 g/mol. The fourth-order valence-electron chi connectivity index (χ4n) is 2.50. The van der Waals surface area contributed by atoms with Gasteiger partial charge in [0.15, 0.2) is 0 Å². The Morgan fingerprint density at radius 3 is 2.57 bits per heavy atom. The van der Waals surface area contributed by atoms with Crippen LogP contribution in [0.4, 0.5) is 4.79 Å². The third kappa shape index (κ3) is 5.91. The number of ether oxygens (including phenoxy) is 1. The second kappa shape index (κ2) is 7.11. The predicted molar refractivity (Wildman–Crippen MR) is 81.8 cm³/mol. The van der Waals surface area contributed by atoms with Crippen LogP contribution in [0.5, 0.6) is 0 Å². The number of carbonyl (C=O) groups excluding carboxylic acids is 2. The van der Waals surface area contributed by atoms with Gasteiger partial charge in [0, 0.05) is 26.7 Å². The van der Waals surface area contributed by atoms with Crippen molar-refractivity contribution in [2.45, 2.75) is 52.2 Å². The van der Waals surface area contributed by atoms with Gasteiger partial charge in [0.05, 0.1) is 6.04 Å². The van der Waals surface area contributed by atoms with Crippen LogP contribution in [-0.2, 0) is 9.53 Å². The molecule has 0 aromatic heterocycles. The molecule has 0 aromatic rings. The molecule has 2 atom stereocenters. The molecule has 0 bridgehead atoms. The molecule has 1 saturated heterocycles. The van der Waals surface area contributed by atoms with Gasteiger partial charge in [0.1, 0.15) is 5.60 Å². The van der Waals surface area contributed by atoms with Gasteiger partial charge < -0.3 is 20.3 Å². The van der Waals surface area contributed by atoms with Gasteiger partial charge in [0.2, 0.25) is 5.91 Å². The van der Waals surface area contributed by atoms with E-state index in [-0.39, 0.29) is 17.9 Å².